The van der Waals surface area contributed by atoms with Crippen molar-refractivity contribution in [3.8, 4) is 0 Å². The fourth-order valence-corrected chi connectivity index (χ4v) is 1.33. The smallest absolute Gasteiger partial charge is 0.0340 e. The third-order valence-corrected chi connectivity index (χ3v) is 2.24. The lowest BCUT2D eigenvalue weighted by molar-refractivity contribution is 0.701. The van der Waals surface area contributed by atoms with Gasteiger partial charge in [0.2, 0.25) is 0 Å². The summed E-state index contributed by atoms with van der Waals surface area (Å²) in [6.07, 6.45) is 2.73. The average molecular weight is 176 g/mol. The summed E-state index contributed by atoms with van der Waals surface area (Å²) in [6.45, 7) is 2.08. The molecule has 2 N–H and O–H groups in total. The number of para-hydroxylation sites is 1. The Balaban J connectivity index is 1.61. The highest BCUT2D eigenvalue weighted by Gasteiger charge is 2.19. The maximum atomic E-state index is 3.46. The van der Waals surface area contributed by atoms with Crippen molar-refractivity contribution in [3.63, 3.8) is 0 Å². The van der Waals surface area contributed by atoms with Crippen molar-refractivity contribution in [3.05, 3.63) is 30.3 Å². The van der Waals surface area contributed by atoms with Gasteiger partial charge in [-0.15, -0.1) is 0 Å². The lowest BCUT2D eigenvalue weighted by atomic mass is 10.3. The SMILES string of the molecule is c1ccc(NCCNC2CC2)cc1. The van der Waals surface area contributed by atoms with Crippen LogP contribution in [0, 0.1) is 0 Å². The van der Waals surface area contributed by atoms with Gasteiger partial charge in [-0.1, -0.05) is 18.2 Å². The average Bonchev–Trinajstić information content (AvgIpc) is 2.98. The molecule has 1 saturated carbocycles. The van der Waals surface area contributed by atoms with Gasteiger partial charge < -0.3 is 10.6 Å². The molecule has 0 radical (unpaired) electrons. The molecular formula is C11H16N2. The maximum absolute atomic E-state index is 3.46. The predicted octanol–water partition coefficient (Wildman–Crippen LogP) is 1.85. The molecule has 2 heteroatoms. The first-order valence-electron chi connectivity index (χ1n) is 4.97. The minimum Gasteiger partial charge on any atom is -0.384 e. The fourth-order valence-electron chi connectivity index (χ4n) is 1.33. The summed E-state index contributed by atoms with van der Waals surface area (Å²) in [5, 5.41) is 6.83. The van der Waals surface area contributed by atoms with Crippen LogP contribution in [0.15, 0.2) is 30.3 Å². The number of benzene rings is 1. The van der Waals surface area contributed by atoms with E-state index in [0.717, 1.165) is 19.1 Å². The molecule has 0 aromatic heterocycles. The van der Waals surface area contributed by atoms with E-state index < -0.39 is 0 Å². The molecule has 1 aromatic rings. The third-order valence-electron chi connectivity index (χ3n) is 2.24. The zero-order valence-corrected chi connectivity index (χ0v) is 7.79. The van der Waals surface area contributed by atoms with Gasteiger partial charge in [-0.05, 0) is 25.0 Å². The number of hydrogen-bond donors (Lipinski definition) is 2. The van der Waals surface area contributed by atoms with Crippen LogP contribution in [0.3, 0.4) is 0 Å². The summed E-state index contributed by atoms with van der Waals surface area (Å²) in [6, 6.07) is 11.1. The van der Waals surface area contributed by atoms with Crippen LogP contribution in [0.1, 0.15) is 12.8 Å². The van der Waals surface area contributed by atoms with Gasteiger partial charge in [0.25, 0.3) is 0 Å². The molecule has 0 spiro atoms. The standard InChI is InChI=1S/C11H16N2/c1-2-4-10(5-3-1)12-8-9-13-11-6-7-11/h1-5,11-13H,6-9H2. The van der Waals surface area contributed by atoms with Crippen LogP contribution >= 0.6 is 0 Å². The molecule has 0 aliphatic heterocycles. The van der Waals surface area contributed by atoms with Crippen molar-refractivity contribution < 1.29 is 0 Å². The fraction of sp³-hybridized carbons (Fsp3) is 0.455. The molecule has 0 atom stereocenters. The molecule has 13 heavy (non-hydrogen) atoms. The highest BCUT2D eigenvalue weighted by molar-refractivity contribution is 5.42. The van der Waals surface area contributed by atoms with Gasteiger partial charge in [-0.3, -0.25) is 0 Å². The van der Waals surface area contributed by atoms with Crippen LogP contribution in [0.5, 0.6) is 0 Å². The highest BCUT2D eigenvalue weighted by atomic mass is 15.0. The molecule has 1 aromatic carbocycles. The van der Waals surface area contributed by atoms with E-state index >= 15 is 0 Å². The molecule has 2 nitrogen and oxygen atoms in total. The Morgan fingerprint density at radius 2 is 1.85 bits per heavy atom. The molecule has 0 amide bonds. The first kappa shape index (κ1) is 8.57. The second kappa shape index (κ2) is 4.28. The Kier molecular flexibility index (Phi) is 2.82. The molecule has 1 aliphatic rings. The molecule has 1 fully saturated rings. The van der Waals surface area contributed by atoms with Gasteiger partial charge in [-0.25, -0.2) is 0 Å². The third kappa shape index (κ3) is 3.07. The van der Waals surface area contributed by atoms with Crippen LogP contribution in [-0.2, 0) is 0 Å². The first-order chi connectivity index (χ1) is 6.45. The summed E-state index contributed by atoms with van der Waals surface area (Å²) >= 11 is 0. The molecule has 2 rings (SSSR count). The predicted molar refractivity (Wildman–Crippen MR) is 56.0 cm³/mol. The molecule has 0 bridgehead atoms. The largest absolute Gasteiger partial charge is 0.384 e. The van der Waals surface area contributed by atoms with E-state index in [-0.39, 0.29) is 0 Å². The van der Waals surface area contributed by atoms with Gasteiger partial charge in [0, 0.05) is 24.8 Å². The summed E-state index contributed by atoms with van der Waals surface area (Å²) in [5.74, 6) is 0. The lowest BCUT2D eigenvalue weighted by Crippen LogP contribution is -2.23. The van der Waals surface area contributed by atoms with Crippen molar-refractivity contribution in [1.82, 2.24) is 5.32 Å². The molecule has 0 saturated heterocycles. The molecular weight excluding hydrogens is 160 g/mol. The van der Waals surface area contributed by atoms with Crippen LogP contribution in [-0.4, -0.2) is 19.1 Å². The van der Waals surface area contributed by atoms with Gasteiger partial charge in [-0.2, -0.15) is 0 Å². The van der Waals surface area contributed by atoms with Crippen molar-refractivity contribution in [1.29, 1.82) is 0 Å². The van der Waals surface area contributed by atoms with E-state index in [1.165, 1.54) is 18.5 Å². The van der Waals surface area contributed by atoms with Crippen molar-refractivity contribution >= 4 is 5.69 Å². The maximum Gasteiger partial charge on any atom is 0.0340 e. The van der Waals surface area contributed by atoms with Crippen molar-refractivity contribution in [2.45, 2.75) is 18.9 Å². The molecule has 0 heterocycles. The van der Waals surface area contributed by atoms with Gasteiger partial charge in [0.1, 0.15) is 0 Å². The van der Waals surface area contributed by atoms with E-state index in [1.54, 1.807) is 0 Å². The quantitative estimate of drug-likeness (QED) is 0.669. The summed E-state index contributed by atoms with van der Waals surface area (Å²) < 4.78 is 0. The minimum absolute atomic E-state index is 0.817. The monoisotopic (exact) mass is 176 g/mol. The summed E-state index contributed by atoms with van der Waals surface area (Å²) in [7, 11) is 0. The molecule has 0 unspecified atom stereocenters. The van der Waals surface area contributed by atoms with E-state index in [4.69, 9.17) is 0 Å². The minimum atomic E-state index is 0.817. The zero-order valence-electron chi connectivity index (χ0n) is 7.79. The lowest BCUT2D eigenvalue weighted by Gasteiger charge is -2.06. The highest BCUT2D eigenvalue weighted by Crippen LogP contribution is 2.17. The Morgan fingerprint density at radius 3 is 2.54 bits per heavy atom. The number of anilines is 1. The van der Waals surface area contributed by atoms with E-state index in [2.05, 4.69) is 34.9 Å². The van der Waals surface area contributed by atoms with Crippen LogP contribution in [0.4, 0.5) is 5.69 Å². The second-order valence-corrected chi connectivity index (χ2v) is 3.52. The van der Waals surface area contributed by atoms with E-state index in [0.29, 0.717) is 0 Å². The summed E-state index contributed by atoms with van der Waals surface area (Å²) in [4.78, 5) is 0. The van der Waals surface area contributed by atoms with Crippen molar-refractivity contribution in [2.24, 2.45) is 0 Å². The Morgan fingerprint density at radius 1 is 1.08 bits per heavy atom. The normalized spacial score (nSPS) is 15.7. The van der Waals surface area contributed by atoms with Gasteiger partial charge in [0.05, 0.1) is 0 Å². The van der Waals surface area contributed by atoms with Gasteiger partial charge in [0.15, 0.2) is 0 Å². The first-order valence-corrected chi connectivity index (χ1v) is 4.97. The zero-order chi connectivity index (χ0) is 8.93. The van der Waals surface area contributed by atoms with Crippen LogP contribution in [0.2, 0.25) is 0 Å². The van der Waals surface area contributed by atoms with E-state index in [1.807, 2.05) is 6.07 Å². The van der Waals surface area contributed by atoms with E-state index in [9.17, 15) is 0 Å². The number of rotatable bonds is 5. The Hall–Kier alpha value is -1.02. The summed E-state index contributed by atoms with van der Waals surface area (Å²) in [5.41, 5.74) is 1.21. The Bertz CT molecular complexity index is 242. The van der Waals surface area contributed by atoms with Crippen LogP contribution in [0.25, 0.3) is 0 Å². The molecule has 1 aliphatic carbocycles. The Labute approximate surface area is 79.4 Å². The number of nitrogens with one attached hydrogen (secondary N) is 2. The van der Waals surface area contributed by atoms with Crippen molar-refractivity contribution in [2.75, 3.05) is 18.4 Å². The number of hydrogen-bond acceptors (Lipinski definition) is 2. The second-order valence-electron chi connectivity index (χ2n) is 3.52. The van der Waals surface area contributed by atoms with Gasteiger partial charge >= 0.3 is 0 Å². The topological polar surface area (TPSA) is 24.1 Å². The molecule has 70 valence electrons. The van der Waals surface area contributed by atoms with Crippen LogP contribution < -0.4 is 10.6 Å².